The highest BCUT2D eigenvalue weighted by molar-refractivity contribution is 5.85. The molecule has 0 saturated carbocycles. The van der Waals surface area contributed by atoms with E-state index in [9.17, 15) is 9.59 Å². The maximum absolute atomic E-state index is 11.7. The van der Waals surface area contributed by atoms with E-state index in [2.05, 4.69) is 10.6 Å². The molecule has 1 aliphatic heterocycles. The van der Waals surface area contributed by atoms with Gasteiger partial charge in [-0.1, -0.05) is 13.3 Å². The van der Waals surface area contributed by atoms with E-state index < -0.39 is 17.5 Å². The van der Waals surface area contributed by atoms with Gasteiger partial charge in [0.2, 0.25) is 0 Å². The summed E-state index contributed by atoms with van der Waals surface area (Å²) in [6.45, 7) is 5.32. The lowest BCUT2D eigenvalue weighted by atomic mass is 9.96. The number of carbonyl (C=O) groups excluding carboxylic acids is 1. The Kier molecular flexibility index (Phi) is 5.40. The number of carbonyl (C=O) groups is 2. The Morgan fingerprint density at radius 1 is 1.50 bits per heavy atom. The van der Waals surface area contributed by atoms with Crippen LogP contribution >= 0.6 is 0 Å². The maximum Gasteiger partial charge on any atom is 0.329 e. The van der Waals surface area contributed by atoms with Gasteiger partial charge in [0.05, 0.1) is 6.61 Å². The molecule has 0 aromatic carbocycles. The van der Waals surface area contributed by atoms with Gasteiger partial charge in [0, 0.05) is 19.1 Å². The molecule has 0 aromatic heterocycles. The van der Waals surface area contributed by atoms with E-state index in [0.29, 0.717) is 31.9 Å². The molecule has 0 bridgehead atoms. The largest absolute Gasteiger partial charge is 0.480 e. The van der Waals surface area contributed by atoms with E-state index in [-0.39, 0.29) is 0 Å². The first-order valence-corrected chi connectivity index (χ1v) is 6.35. The second kappa shape index (κ2) is 6.58. The van der Waals surface area contributed by atoms with Crippen molar-refractivity contribution >= 4 is 12.0 Å². The van der Waals surface area contributed by atoms with Crippen LogP contribution in [0.25, 0.3) is 0 Å². The molecule has 0 aliphatic carbocycles. The highest BCUT2D eigenvalue weighted by Gasteiger charge is 2.33. The second-order valence-electron chi connectivity index (χ2n) is 4.95. The molecule has 1 heterocycles. The van der Waals surface area contributed by atoms with Crippen LogP contribution in [0.3, 0.4) is 0 Å². The monoisotopic (exact) mass is 258 g/mol. The van der Waals surface area contributed by atoms with Crippen molar-refractivity contribution in [2.45, 2.75) is 38.6 Å². The number of nitrogens with one attached hydrogen (secondary N) is 2. The maximum atomic E-state index is 11.7. The first-order valence-electron chi connectivity index (χ1n) is 6.35. The van der Waals surface area contributed by atoms with Crippen LogP contribution in [-0.4, -0.2) is 42.4 Å². The Morgan fingerprint density at radius 3 is 2.72 bits per heavy atom. The lowest BCUT2D eigenvalue weighted by molar-refractivity contribution is -0.144. The summed E-state index contributed by atoms with van der Waals surface area (Å²) in [4.78, 5) is 22.8. The minimum absolute atomic E-state index is 0.331. The molecule has 2 unspecified atom stereocenters. The predicted molar refractivity (Wildman–Crippen MR) is 66.4 cm³/mol. The average molecular weight is 258 g/mol. The molecule has 1 aliphatic rings. The minimum atomic E-state index is -1.20. The third-order valence-electron chi connectivity index (χ3n) is 3.19. The Bertz CT molecular complexity index is 302. The van der Waals surface area contributed by atoms with E-state index >= 15 is 0 Å². The molecule has 1 rings (SSSR count). The molecule has 6 heteroatoms. The fourth-order valence-electron chi connectivity index (χ4n) is 2.00. The summed E-state index contributed by atoms with van der Waals surface area (Å²) in [6.07, 6.45) is 2.03. The number of carboxylic acids is 1. The van der Waals surface area contributed by atoms with Crippen molar-refractivity contribution in [3.8, 4) is 0 Å². The van der Waals surface area contributed by atoms with Crippen LogP contribution in [-0.2, 0) is 9.53 Å². The fraction of sp³-hybridized carbons (Fsp3) is 0.833. The van der Waals surface area contributed by atoms with Crippen LogP contribution in [0.4, 0.5) is 4.79 Å². The highest BCUT2D eigenvalue weighted by Crippen LogP contribution is 2.13. The van der Waals surface area contributed by atoms with Gasteiger partial charge in [-0.2, -0.15) is 0 Å². The first-order chi connectivity index (χ1) is 8.48. The number of aliphatic carboxylic acids is 1. The van der Waals surface area contributed by atoms with Crippen molar-refractivity contribution in [3.05, 3.63) is 0 Å². The Morgan fingerprint density at radius 2 is 2.22 bits per heavy atom. The summed E-state index contributed by atoms with van der Waals surface area (Å²) < 4.78 is 5.20. The third-order valence-corrected chi connectivity index (χ3v) is 3.19. The zero-order chi connectivity index (χ0) is 13.6. The van der Waals surface area contributed by atoms with Crippen LogP contribution in [0.5, 0.6) is 0 Å². The van der Waals surface area contributed by atoms with E-state index in [1.54, 1.807) is 0 Å². The van der Waals surface area contributed by atoms with Crippen molar-refractivity contribution < 1.29 is 19.4 Å². The van der Waals surface area contributed by atoms with Crippen LogP contribution in [0.2, 0.25) is 0 Å². The lowest BCUT2D eigenvalue weighted by Gasteiger charge is -2.26. The van der Waals surface area contributed by atoms with Gasteiger partial charge in [0.1, 0.15) is 5.54 Å². The molecule has 1 fully saturated rings. The standard InChI is InChI=1S/C12H22N2O4/c1-3-5-12(2,10(15)16)14-11(17)13-7-9-4-6-18-8-9/h9H,3-8H2,1-2H3,(H,15,16)(H2,13,14,17). The Labute approximate surface area is 107 Å². The molecule has 0 aromatic rings. The number of ether oxygens (including phenoxy) is 1. The number of rotatable bonds is 6. The Balaban J connectivity index is 2.38. The number of hydrogen-bond acceptors (Lipinski definition) is 3. The van der Waals surface area contributed by atoms with Gasteiger partial charge in [-0.05, 0) is 19.8 Å². The van der Waals surface area contributed by atoms with Crippen molar-refractivity contribution in [2.75, 3.05) is 19.8 Å². The van der Waals surface area contributed by atoms with Gasteiger partial charge >= 0.3 is 12.0 Å². The number of amides is 2. The van der Waals surface area contributed by atoms with E-state index in [4.69, 9.17) is 9.84 Å². The van der Waals surface area contributed by atoms with Gasteiger partial charge in [0.15, 0.2) is 0 Å². The van der Waals surface area contributed by atoms with Gasteiger partial charge in [-0.3, -0.25) is 0 Å². The van der Waals surface area contributed by atoms with Crippen LogP contribution in [0, 0.1) is 5.92 Å². The summed E-state index contributed by atoms with van der Waals surface area (Å²) in [6, 6.07) is -0.430. The molecule has 6 nitrogen and oxygen atoms in total. The third kappa shape index (κ3) is 4.18. The topological polar surface area (TPSA) is 87.7 Å². The number of hydrogen-bond donors (Lipinski definition) is 3. The number of carboxylic acid groups (broad SMARTS) is 1. The average Bonchev–Trinajstić information content (AvgIpc) is 2.79. The molecule has 1 saturated heterocycles. The van der Waals surface area contributed by atoms with Crippen molar-refractivity contribution in [1.82, 2.24) is 10.6 Å². The molecule has 18 heavy (non-hydrogen) atoms. The van der Waals surface area contributed by atoms with Crippen LogP contribution in [0.15, 0.2) is 0 Å². The number of urea groups is 1. The lowest BCUT2D eigenvalue weighted by Crippen LogP contribution is -2.55. The molecular formula is C12H22N2O4. The summed E-state index contributed by atoms with van der Waals surface area (Å²) in [5.41, 5.74) is -1.20. The fourth-order valence-corrected chi connectivity index (χ4v) is 2.00. The summed E-state index contributed by atoms with van der Waals surface area (Å²) in [5.74, 6) is -0.679. The molecule has 0 spiro atoms. The SMILES string of the molecule is CCCC(C)(NC(=O)NCC1CCOC1)C(=O)O. The smallest absolute Gasteiger partial charge is 0.329 e. The highest BCUT2D eigenvalue weighted by atomic mass is 16.5. The van der Waals surface area contributed by atoms with E-state index in [1.165, 1.54) is 6.92 Å². The van der Waals surface area contributed by atoms with E-state index in [0.717, 1.165) is 13.0 Å². The quantitative estimate of drug-likeness (QED) is 0.662. The summed E-state index contributed by atoms with van der Waals surface area (Å²) in [7, 11) is 0. The van der Waals surface area contributed by atoms with Crippen LogP contribution < -0.4 is 10.6 Å². The molecule has 2 amide bonds. The molecule has 104 valence electrons. The normalized spacial score (nSPS) is 22.2. The molecule has 2 atom stereocenters. The van der Waals surface area contributed by atoms with Crippen molar-refractivity contribution in [1.29, 1.82) is 0 Å². The van der Waals surface area contributed by atoms with Crippen molar-refractivity contribution in [2.24, 2.45) is 5.92 Å². The molecule has 3 N–H and O–H groups in total. The first kappa shape index (κ1) is 14.8. The predicted octanol–water partition coefficient (Wildman–Crippen LogP) is 0.965. The molecular weight excluding hydrogens is 236 g/mol. The van der Waals surface area contributed by atoms with Gasteiger partial charge in [0.25, 0.3) is 0 Å². The van der Waals surface area contributed by atoms with E-state index in [1.807, 2.05) is 6.92 Å². The summed E-state index contributed by atoms with van der Waals surface area (Å²) in [5, 5.41) is 14.4. The van der Waals surface area contributed by atoms with Gasteiger partial charge in [-0.25, -0.2) is 9.59 Å². The molecule has 0 radical (unpaired) electrons. The second-order valence-corrected chi connectivity index (χ2v) is 4.95. The van der Waals surface area contributed by atoms with Gasteiger partial charge < -0.3 is 20.5 Å². The minimum Gasteiger partial charge on any atom is -0.480 e. The summed E-state index contributed by atoms with van der Waals surface area (Å²) >= 11 is 0. The van der Waals surface area contributed by atoms with Crippen LogP contribution in [0.1, 0.15) is 33.1 Å². The van der Waals surface area contributed by atoms with Gasteiger partial charge in [-0.15, -0.1) is 0 Å². The zero-order valence-corrected chi connectivity index (χ0v) is 11.0. The van der Waals surface area contributed by atoms with Crippen molar-refractivity contribution in [3.63, 3.8) is 0 Å². The zero-order valence-electron chi connectivity index (χ0n) is 11.0. The Hall–Kier alpha value is -1.30.